The summed E-state index contributed by atoms with van der Waals surface area (Å²) in [7, 11) is 0. The molecule has 1 saturated heterocycles. The summed E-state index contributed by atoms with van der Waals surface area (Å²) < 4.78 is 5.71. The Morgan fingerprint density at radius 3 is 2.43 bits per heavy atom. The predicted molar refractivity (Wildman–Crippen MR) is 53.9 cm³/mol. The van der Waals surface area contributed by atoms with Crippen molar-refractivity contribution in [2.75, 3.05) is 13.1 Å². The monoisotopic (exact) mass is 197 g/mol. The summed E-state index contributed by atoms with van der Waals surface area (Å²) >= 11 is 0. The van der Waals surface area contributed by atoms with E-state index in [1.807, 2.05) is 4.90 Å². The third-order valence-electron chi connectivity index (χ3n) is 3.28. The second-order valence-corrected chi connectivity index (χ2v) is 5.09. The first-order chi connectivity index (χ1) is 6.51. The molecule has 0 radical (unpaired) electrons. The normalized spacial score (nSPS) is 25.0. The van der Waals surface area contributed by atoms with Crippen LogP contribution in [0.2, 0.25) is 0 Å². The van der Waals surface area contributed by atoms with Crippen LogP contribution in [0.4, 0.5) is 0 Å². The molecule has 0 N–H and O–H groups in total. The van der Waals surface area contributed by atoms with Gasteiger partial charge in [-0.3, -0.25) is 4.79 Å². The van der Waals surface area contributed by atoms with Gasteiger partial charge in [-0.2, -0.15) is 0 Å². The fourth-order valence-electron chi connectivity index (χ4n) is 2.63. The second-order valence-electron chi connectivity index (χ2n) is 5.09. The van der Waals surface area contributed by atoms with E-state index in [1.54, 1.807) is 6.92 Å². The average Bonchev–Trinajstić information content (AvgIpc) is 1.89. The van der Waals surface area contributed by atoms with E-state index in [1.165, 1.54) is 0 Å². The molecule has 0 unspecified atom stereocenters. The van der Waals surface area contributed by atoms with Crippen molar-refractivity contribution < 1.29 is 9.53 Å². The Hall–Kier alpha value is -0.570. The van der Waals surface area contributed by atoms with Crippen LogP contribution < -0.4 is 0 Å². The molecule has 1 heterocycles. The molecule has 2 aliphatic rings. The molecule has 0 bridgehead atoms. The number of ether oxygens (including phenoxy) is 1. The van der Waals surface area contributed by atoms with E-state index in [4.69, 9.17) is 4.74 Å². The zero-order chi connectivity index (χ0) is 10.3. The molecule has 2 fully saturated rings. The third kappa shape index (κ3) is 1.65. The third-order valence-corrected chi connectivity index (χ3v) is 3.28. The number of carbonyl (C=O) groups excluding carboxylic acids is 1. The largest absolute Gasteiger partial charge is 0.376 e. The van der Waals surface area contributed by atoms with E-state index in [9.17, 15) is 4.79 Å². The van der Waals surface area contributed by atoms with Crippen molar-refractivity contribution in [3.05, 3.63) is 0 Å². The number of hydrogen-bond acceptors (Lipinski definition) is 2. The maximum absolute atomic E-state index is 11.0. The van der Waals surface area contributed by atoms with Gasteiger partial charge in [0.15, 0.2) is 0 Å². The second kappa shape index (κ2) is 3.23. The van der Waals surface area contributed by atoms with Gasteiger partial charge in [-0.1, -0.05) is 0 Å². The predicted octanol–water partition coefficient (Wildman–Crippen LogP) is 1.42. The smallest absolute Gasteiger partial charge is 0.219 e. The zero-order valence-electron chi connectivity index (χ0n) is 9.25. The molecule has 80 valence electrons. The maximum Gasteiger partial charge on any atom is 0.219 e. The molecular formula is C11H19NO2. The van der Waals surface area contributed by atoms with Crippen LogP contribution in [0.5, 0.6) is 0 Å². The molecule has 3 heteroatoms. The molecular weight excluding hydrogens is 178 g/mol. The highest BCUT2D eigenvalue weighted by Gasteiger charge is 2.53. The highest BCUT2D eigenvalue weighted by molar-refractivity contribution is 5.74. The first kappa shape index (κ1) is 9.97. The highest BCUT2D eigenvalue weighted by Crippen LogP contribution is 2.49. The number of nitrogens with zero attached hydrogens (tertiary/aromatic N) is 1. The minimum absolute atomic E-state index is 0.212. The molecule has 0 aromatic heterocycles. The van der Waals surface area contributed by atoms with Crippen LogP contribution in [0.15, 0.2) is 0 Å². The lowest BCUT2D eigenvalue weighted by molar-refractivity contribution is -0.175. The number of hydrogen-bond donors (Lipinski definition) is 0. The SMILES string of the molecule is CC(=O)N1CC2(CC(OC(C)C)C2)C1. The van der Waals surface area contributed by atoms with Crippen molar-refractivity contribution in [1.29, 1.82) is 0 Å². The van der Waals surface area contributed by atoms with E-state index < -0.39 is 0 Å². The van der Waals surface area contributed by atoms with Gasteiger partial charge in [-0.25, -0.2) is 0 Å². The van der Waals surface area contributed by atoms with Crippen molar-refractivity contribution in [2.45, 2.75) is 45.8 Å². The molecule has 0 atom stereocenters. The summed E-state index contributed by atoms with van der Waals surface area (Å²) in [6.45, 7) is 7.72. The molecule has 1 amide bonds. The Morgan fingerprint density at radius 2 is 2.00 bits per heavy atom. The van der Waals surface area contributed by atoms with Gasteiger partial charge in [-0.15, -0.1) is 0 Å². The molecule has 3 nitrogen and oxygen atoms in total. The summed E-state index contributed by atoms with van der Waals surface area (Å²) in [5.74, 6) is 0.212. The minimum atomic E-state index is 0.212. The van der Waals surface area contributed by atoms with Gasteiger partial charge in [0.25, 0.3) is 0 Å². The highest BCUT2D eigenvalue weighted by atomic mass is 16.5. The number of rotatable bonds is 2. The molecule has 0 aromatic carbocycles. The zero-order valence-corrected chi connectivity index (χ0v) is 9.25. The Bertz CT molecular complexity index is 236. The van der Waals surface area contributed by atoms with Crippen molar-refractivity contribution in [3.63, 3.8) is 0 Å². The number of amides is 1. The van der Waals surface area contributed by atoms with Crippen LogP contribution in [0.1, 0.15) is 33.6 Å². The fraction of sp³-hybridized carbons (Fsp3) is 0.909. The maximum atomic E-state index is 11.0. The molecule has 2 rings (SSSR count). The average molecular weight is 197 g/mol. The molecule has 1 aliphatic carbocycles. The van der Waals surface area contributed by atoms with E-state index in [-0.39, 0.29) is 5.91 Å². The van der Waals surface area contributed by atoms with E-state index >= 15 is 0 Å². The molecule has 1 spiro atoms. The summed E-state index contributed by atoms with van der Waals surface area (Å²) in [4.78, 5) is 12.9. The quantitative estimate of drug-likeness (QED) is 0.670. The van der Waals surface area contributed by atoms with Crippen molar-refractivity contribution >= 4 is 5.91 Å². The lowest BCUT2D eigenvalue weighted by atomic mass is 9.61. The Balaban J connectivity index is 1.72. The van der Waals surface area contributed by atoms with Gasteiger partial charge in [0.05, 0.1) is 12.2 Å². The molecule has 1 saturated carbocycles. The van der Waals surface area contributed by atoms with Crippen LogP contribution in [0, 0.1) is 5.41 Å². The van der Waals surface area contributed by atoms with Crippen LogP contribution in [0.3, 0.4) is 0 Å². The number of likely N-dealkylation sites (tertiary alicyclic amines) is 1. The van der Waals surface area contributed by atoms with Crippen LogP contribution in [0.25, 0.3) is 0 Å². The van der Waals surface area contributed by atoms with Crippen LogP contribution >= 0.6 is 0 Å². The van der Waals surface area contributed by atoms with Gasteiger partial charge in [0.2, 0.25) is 5.91 Å². The molecule has 14 heavy (non-hydrogen) atoms. The van der Waals surface area contributed by atoms with Gasteiger partial charge in [0, 0.05) is 25.4 Å². The van der Waals surface area contributed by atoms with Gasteiger partial charge >= 0.3 is 0 Å². The lowest BCUT2D eigenvalue weighted by Crippen LogP contribution is -2.65. The van der Waals surface area contributed by atoms with Crippen molar-refractivity contribution in [2.24, 2.45) is 5.41 Å². The summed E-state index contributed by atoms with van der Waals surface area (Å²) in [6.07, 6.45) is 3.08. The van der Waals surface area contributed by atoms with Crippen LogP contribution in [-0.4, -0.2) is 36.1 Å². The first-order valence-corrected chi connectivity index (χ1v) is 5.42. The Morgan fingerprint density at radius 1 is 1.43 bits per heavy atom. The van der Waals surface area contributed by atoms with E-state index in [0.717, 1.165) is 25.9 Å². The standard InChI is InChI=1S/C11H19NO2/c1-8(2)14-10-4-11(5-10)6-12(7-11)9(3)13/h8,10H,4-7H2,1-3H3. The summed E-state index contributed by atoms with van der Waals surface area (Å²) in [5, 5.41) is 0. The van der Waals surface area contributed by atoms with Gasteiger partial charge in [0.1, 0.15) is 0 Å². The molecule has 1 aliphatic heterocycles. The van der Waals surface area contributed by atoms with Gasteiger partial charge in [-0.05, 0) is 26.7 Å². The molecule has 0 aromatic rings. The van der Waals surface area contributed by atoms with Gasteiger partial charge < -0.3 is 9.64 Å². The fourth-order valence-corrected chi connectivity index (χ4v) is 2.63. The number of carbonyl (C=O) groups is 1. The van der Waals surface area contributed by atoms with E-state index in [0.29, 0.717) is 17.6 Å². The lowest BCUT2D eigenvalue weighted by Gasteiger charge is -2.58. The Labute approximate surface area is 85.4 Å². The first-order valence-electron chi connectivity index (χ1n) is 5.42. The summed E-state index contributed by atoms with van der Waals surface area (Å²) in [5.41, 5.74) is 0.436. The van der Waals surface area contributed by atoms with Crippen LogP contribution in [-0.2, 0) is 9.53 Å². The minimum Gasteiger partial charge on any atom is -0.376 e. The Kier molecular flexibility index (Phi) is 2.30. The van der Waals surface area contributed by atoms with Crippen molar-refractivity contribution in [1.82, 2.24) is 4.90 Å². The van der Waals surface area contributed by atoms with Crippen molar-refractivity contribution in [3.8, 4) is 0 Å². The topological polar surface area (TPSA) is 29.5 Å². The van der Waals surface area contributed by atoms with E-state index in [2.05, 4.69) is 13.8 Å². The summed E-state index contributed by atoms with van der Waals surface area (Å²) in [6, 6.07) is 0.